The second kappa shape index (κ2) is 10.1. The van der Waals surface area contributed by atoms with Crippen LogP contribution in [-0.2, 0) is 6.42 Å². The predicted molar refractivity (Wildman–Crippen MR) is 138 cm³/mol. The second-order valence-corrected chi connectivity index (χ2v) is 10.1. The lowest BCUT2D eigenvalue weighted by molar-refractivity contribution is 0.248. The van der Waals surface area contributed by atoms with E-state index in [0.717, 1.165) is 69.1 Å². The molecule has 2 fully saturated rings. The molecule has 2 aromatic carbocycles. The number of aromatic nitrogens is 1. The number of amides is 2. The zero-order valence-corrected chi connectivity index (χ0v) is 20.2. The van der Waals surface area contributed by atoms with Gasteiger partial charge in [-0.25, -0.2) is 4.79 Å². The molecule has 2 heterocycles. The summed E-state index contributed by atoms with van der Waals surface area (Å²) >= 11 is 1.59. The van der Waals surface area contributed by atoms with Gasteiger partial charge in [-0.2, -0.15) is 4.37 Å². The van der Waals surface area contributed by atoms with Crippen molar-refractivity contribution < 1.29 is 4.79 Å². The number of carbonyl (C=O) groups is 1. The topological polar surface area (TPSA) is 60.5 Å². The molecule has 1 aliphatic heterocycles. The number of hydrogen-bond acceptors (Lipinski definition) is 5. The number of benzene rings is 2. The SMILES string of the molecule is Cc1cc(CCN2CCN(c3nsc4ccccc34)CC2)ccc1NC(=O)NC1CCCC1. The maximum absolute atomic E-state index is 12.3. The normalized spacial score (nSPS) is 17.5. The molecule has 2 amide bonds. The first kappa shape index (κ1) is 22.2. The largest absolute Gasteiger partial charge is 0.353 e. The van der Waals surface area contributed by atoms with Gasteiger partial charge >= 0.3 is 6.03 Å². The molecule has 174 valence electrons. The summed E-state index contributed by atoms with van der Waals surface area (Å²) in [6, 6.07) is 15.2. The molecule has 1 aromatic heterocycles. The van der Waals surface area contributed by atoms with E-state index in [1.165, 1.54) is 28.5 Å². The Hall–Kier alpha value is -2.64. The van der Waals surface area contributed by atoms with Gasteiger partial charge in [0.05, 0.1) is 4.70 Å². The van der Waals surface area contributed by atoms with Gasteiger partial charge < -0.3 is 15.5 Å². The highest BCUT2D eigenvalue weighted by molar-refractivity contribution is 7.13. The molecule has 6 nitrogen and oxygen atoms in total. The van der Waals surface area contributed by atoms with Gasteiger partial charge in [0.2, 0.25) is 0 Å². The number of nitrogens with zero attached hydrogens (tertiary/aromatic N) is 3. The molecule has 0 spiro atoms. The third-order valence-electron chi connectivity index (χ3n) is 6.98. The Labute approximate surface area is 200 Å². The van der Waals surface area contributed by atoms with E-state index in [0.29, 0.717) is 6.04 Å². The minimum Gasteiger partial charge on any atom is -0.353 e. The van der Waals surface area contributed by atoms with Crippen LogP contribution < -0.4 is 15.5 Å². The number of rotatable bonds is 6. The zero-order valence-electron chi connectivity index (χ0n) is 19.3. The maximum Gasteiger partial charge on any atom is 0.319 e. The van der Waals surface area contributed by atoms with Crippen molar-refractivity contribution in [3.63, 3.8) is 0 Å². The van der Waals surface area contributed by atoms with Crippen LogP contribution in [0.15, 0.2) is 42.5 Å². The summed E-state index contributed by atoms with van der Waals surface area (Å²) in [5, 5.41) is 7.40. The predicted octanol–water partition coefficient (Wildman–Crippen LogP) is 5.03. The van der Waals surface area contributed by atoms with Gasteiger partial charge in [0.1, 0.15) is 5.82 Å². The number of fused-ring (bicyclic) bond motifs is 1. The van der Waals surface area contributed by atoms with Crippen molar-refractivity contribution in [3.05, 3.63) is 53.6 Å². The van der Waals surface area contributed by atoms with Gasteiger partial charge in [0, 0.05) is 49.8 Å². The lowest BCUT2D eigenvalue weighted by Crippen LogP contribution is -2.47. The van der Waals surface area contributed by atoms with Crippen molar-refractivity contribution in [2.24, 2.45) is 0 Å². The van der Waals surface area contributed by atoms with Gasteiger partial charge in [0.15, 0.2) is 0 Å². The van der Waals surface area contributed by atoms with Crippen LogP contribution in [0.1, 0.15) is 36.8 Å². The Kier molecular flexibility index (Phi) is 6.78. The number of carbonyl (C=O) groups excluding carboxylic acids is 1. The van der Waals surface area contributed by atoms with E-state index in [4.69, 9.17) is 4.37 Å². The summed E-state index contributed by atoms with van der Waals surface area (Å²) in [4.78, 5) is 17.3. The summed E-state index contributed by atoms with van der Waals surface area (Å²) in [5.74, 6) is 1.14. The third-order valence-corrected chi connectivity index (χ3v) is 7.79. The van der Waals surface area contributed by atoms with E-state index in [1.54, 1.807) is 11.5 Å². The zero-order chi connectivity index (χ0) is 22.6. The minimum absolute atomic E-state index is 0.0801. The number of aryl methyl sites for hydroxylation is 1. The monoisotopic (exact) mass is 463 g/mol. The number of hydrogen-bond donors (Lipinski definition) is 2. The highest BCUT2D eigenvalue weighted by Crippen LogP contribution is 2.30. The quantitative estimate of drug-likeness (QED) is 0.538. The lowest BCUT2D eigenvalue weighted by Gasteiger charge is -2.35. The van der Waals surface area contributed by atoms with E-state index in [-0.39, 0.29) is 6.03 Å². The van der Waals surface area contributed by atoms with Gasteiger partial charge in [-0.3, -0.25) is 4.90 Å². The number of anilines is 2. The smallest absolute Gasteiger partial charge is 0.319 e. The van der Waals surface area contributed by atoms with Crippen LogP contribution in [0.4, 0.5) is 16.3 Å². The summed E-state index contributed by atoms with van der Waals surface area (Å²) in [5.41, 5.74) is 3.34. The molecule has 1 saturated heterocycles. The van der Waals surface area contributed by atoms with E-state index in [1.807, 2.05) is 6.07 Å². The van der Waals surface area contributed by atoms with Crippen molar-refractivity contribution >= 4 is 39.2 Å². The molecule has 33 heavy (non-hydrogen) atoms. The van der Waals surface area contributed by atoms with Gasteiger partial charge in [-0.15, -0.1) is 0 Å². The number of piperazine rings is 1. The van der Waals surface area contributed by atoms with Crippen molar-refractivity contribution in [1.82, 2.24) is 14.6 Å². The van der Waals surface area contributed by atoms with Crippen LogP contribution in [-0.4, -0.2) is 54.1 Å². The average Bonchev–Trinajstić information content (AvgIpc) is 3.49. The van der Waals surface area contributed by atoms with Gasteiger partial charge in [0.25, 0.3) is 0 Å². The molecule has 2 aliphatic rings. The first-order chi connectivity index (χ1) is 16.2. The summed E-state index contributed by atoms with van der Waals surface area (Å²) in [6.45, 7) is 7.29. The van der Waals surface area contributed by atoms with E-state index in [9.17, 15) is 4.79 Å². The van der Waals surface area contributed by atoms with E-state index < -0.39 is 0 Å². The first-order valence-corrected chi connectivity index (χ1v) is 12.9. The minimum atomic E-state index is -0.0801. The average molecular weight is 464 g/mol. The molecule has 1 aliphatic carbocycles. The molecule has 0 atom stereocenters. The van der Waals surface area contributed by atoms with Gasteiger partial charge in [-0.1, -0.05) is 37.1 Å². The van der Waals surface area contributed by atoms with Crippen molar-refractivity contribution in [2.75, 3.05) is 42.9 Å². The fraction of sp³-hybridized carbons (Fsp3) is 0.462. The van der Waals surface area contributed by atoms with Crippen molar-refractivity contribution in [2.45, 2.75) is 45.1 Å². The van der Waals surface area contributed by atoms with Crippen LogP contribution in [0.2, 0.25) is 0 Å². The molecule has 5 rings (SSSR count). The number of nitrogens with one attached hydrogen (secondary N) is 2. The lowest BCUT2D eigenvalue weighted by atomic mass is 10.1. The maximum atomic E-state index is 12.3. The van der Waals surface area contributed by atoms with Crippen LogP contribution in [0.3, 0.4) is 0 Å². The van der Waals surface area contributed by atoms with Gasteiger partial charge in [-0.05, 0) is 67.0 Å². The Morgan fingerprint density at radius 1 is 1.09 bits per heavy atom. The number of urea groups is 1. The summed E-state index contributed by atoms with van der Waals surface area (Å²) in [7, 11) is 0. The second-order valence-electron chi connectivity index (χ2n) is 9.31. The highest BCUT2D eigenvalue weighted by atomic mass is 32.1. The van der Waals surface area contributed by atoms with E-state index in [2.05, 4.69) is 63.8 Å². The molecule has 1 saturated carbocycles. The Balaban J connectivity index is 1.10. The molecule has 3 aromatic rings. The Morgan fingerprint density at radius 2 is 1.88 bits per heavy atom. The standard InChI is InChI=1S/C26H33N5OS/c1-19-18-20(10-11-23(19)28-26(32)27-21-6-2-3-7-21)12-13-30-14-16-31(17-15-30)25-22-8-4-5-9-24(22)33-29-25/h4-5,8-11,18,21H,2-3,6-7,12-17H2,1H3,(H2,27,28,32). The summed E-state index contributed by atoms with van der Waals surface area (Å²) in [6.07, 6.45) is 5.65. The highest BCUT2D eigenvalue weighted by Gasteiger charge is 2.21. The Morgan fingerprint density at radius 3 is 2.67 bits per heavy atom. The van der Waals surface area contributed by atoms with E-state index >= 15 is 0 Å². The molecule has 0 radical (unpaired) electrons. The van der Waals surface area contributed by atoms with Crippen molar-refractivity contribution in [3.8, 4) is 0 Å². The van der Waals surface area contributed by atoms with Crippen LogP contribution >= 0.6 is 11.5 Å². The van der Waals surface area contributed by atoms with Crippen LogP contribution in [0, 0.1) is 6.92 Å². The first-order valence-electron chi connectivity index (χ1n) is 12.1. The molecular weight excluding hydrogens is 430 g/mol. The molecule has 0 unspecified atom stereocenters. The molecular formula is C26H33N5OS. The van der Waals surface area contributed by atoms with Crippen molar-refractivity contribution in [1.29, 1.82) is 0 Å². The fourth-order valence-electron chi connectivity index (χ4n) is 5.01. The summed E-state index contributed by atoms with van der Waals surface area (Å²) < 4.78 is 5.98. The Bertz CT molecular complexity index is 1100. The molecule has 7 heteroatoms. The molecule has 0 bridgehead atoms. The van der Waals surface area contributed by atoms with Crippen LogP contribution in [0.25, 0.3) is 10.1 Å². The third kappa shape index (κ3) is 5.31. The fourth-order valence-corrected chi connectivity index (χ4v) is 5.80. The van der Waals surface area contributed by atoms with Crippen LogP contribution in [0.5, 0.6) is 0 Å². The molecule has 2 N–H and O–H groups in total.